The van der Waals surface area contributed by atoms with Crippen molar-refractivity contribution in [2.75, 3.05) is 17.4 Å². The van der Waals surface area contributed by atoms with Crippen molar-refractivity contribution >= 4 is 29.0 Å². The number of rotatable bonds is 2. The third kappa shape index (κ3) is 2.87. The molecule has 0 radical (unpaired) electrons. The Bertz CT molecular complexity index is 703. The molecule has 1 aliphatic heterocycles. The number of anilines is 2. The summed E-state index contributed by atoms with van der Waals surface area (Å²) in [4.78, 5) is 12.0. The van der Waals surface area contributed by atoms with Crippen molar-refractivity contribution in [3.8, 4) is 11.5 Å². The number of hydrogen-bond donors (Lipinski definition) is 2. The zero-order valence-electron chi connectivity index (χ0n) is 11.3. The van der Waals surface area contributed by atoms with Gasteiger partial charge in [-0.2, -0.15) is 0 Å². The monoisotopic (exact) mass is 304 g/mol. The molecule has 0 bridgehead atoms. The van der Waals surface area contributed by atoms with Crippen LogP contribution < -0.4 is 20.1 Å². The van der Waals surface area contributed by atoms with Gasteiger partial charge < -0.3 is 20.1 Å². The molecule has 6 heteroatoms. The summed E-state index contributed by atoms with van der Waals surface area (Å²) in [6.45, 7) is 2.05. The van der Waals surface area contributed by atoms with Gasteiger partial charge in [0.05, 0.1) is 0 Å². The Kier molecular flexibility index (Phi) is 3.58. The van der Waals surface area contributed by atoms with Crippen LogP contribution in [0.15, 0.2) is 36.4 Å². The second-order valence-electron chi connectivity index (χ2n) is 4.56. The molecule has 0 saturated carbocycles. The molecule has 21 heavy (non-hydrogen) atoms. The van der Waals surface area contributed by atoms with Gasteiger partial charge >= 0.3 is 6.03 Å². The topological polar surface area (TPSA) is 59.6 Å². The lowest BCUT2D eigenvalue weighted by Crippen LogP contribution is -2.19. The zero-order chi connectivity index (χ0) is 14.8. The number of fused-ring (bicyclic) bond motifs is 1. The first-order valence-corrected chi connectivity index (χ1v) is 6.74. The van der Waals surface area contributed by atoms with E-state index in [-0.39, 0.29) is 12.8 Å². The highest BCUT2D eigenvalue weighted by Crippen LogP contribution is 2.34. The maximum atomic E-state index is 12.0. The van der Waals surface area contributed by atoms with Crippen molar-refractivity contribution in [2.45, 2.75) is 6.92 Å². The summed E-state index contributed by atoms with van der Waals surface area (Å²) in [6.07, 6.45) is 0. The SMILES string of the molecule is Cc1c(Cl)cccc1NC(=O)Nc1ccc2c(c1)OCO2. The summed E-state index contributed by atoms with van der Waals surface area (Å²) < 4.78 is 10.5. The van der Waals surface area contributed by atoms with Crippen LogP contribution in [-0.2, 0) is 0 Å². The molecule has 0 fully saturated rings. The number of urea groups is 1. The Morgan fingerprint density at radius 1 is 1.14 bits per heavy atom. The van der Waals surface area contributed by atoms with Gasteiger partial charge in [0.25, 0.3) is 0 Å². The molecular formula is C15H13ClN2O3. The van der Waals surface area contributed by atoms with E-state index in [4.69, 9.17) is 21.1 Å². The van der Waals surface area contributed by atoms with Gasteiger partial charge in [0, 0.05) is 22.5 Å². The lowest BCUT2D eigenvalue weighted by atomic mass is 10.2. The van der Waals surface area contributed by atoms with E-state index in [9.17, 15) is 4.79 Å². The summed E-state index contributed by atoms with van der Waals surface area (Å²) in [5.74, 6) is 1.29. The molecule has 0 atom stereocenters. The molecule has 0 unspecified atom stereocenters. The minimum atomic E-state index is -0.348. The maximum absolute atomic E-state index is 12.0. The summed E-state index contributed by atoms with van der Waals surface area (Å²) >= 11 is 6.02. The molecule has 0 saturated heterocycles. The van der Waals surface area contributed by atoms with Gasteiger partial charge in [-0.3, -0.25) is 0 Å². The molecule has 2 N–H and O–H groups in total. The zero-order valence-corrected chi connectivity index (χ0v) is 12.0. The molecule has 0 spiro atoms. The van der Waals surface area contributed by atoms with E-state index in [0.29, 0.717) is 27.9 Å². The summed E-state index contributed by atoms with van der Waals surface area (Å²) in [7, 11) is 0. The van der Waals surface area contributed by atoms with Gasteiger partial charge in [-0.05, 0) is 36.8 Å². The lowest BCUT2D eigenvalue weighted by Gasteiger charge is -2.11. The number of nitrogens with one attached hydrogen (secondary N) is 2. The van der Waals surface area contributed by atoms with Crippen LogP contribution in [0.4, 0.5) is 16.2 Å². The number of ether oxygens (including phenoxy) is 2. The molecule has 5 nitrogen and oxygen atoms in total. The Morgan fingerprint density at radius 2 is 1.95 bits per heavy atom. The predicted molar refractivity (Wildman–Crippen MR) is 81.4 cm³/mol. The minimum absolute atomic E-state index is 0.201. The van der Waals surface area contributed by atoms with E-state index >= 15 is 0 Å². The fourth-order valence-corrected chi connectivity index (χ4v) is 2.18. The van der Waals surface area contributed by atoms with Crippen molar-refractivity contribution < 1.29 is 14.3 Å². The van der Waals surface area contributed by atoms with Gasteiger partial charge in [-0.15, -0.1) is 0 Å². The quantitative estimate of drug-likeness (QED) is 0.881. The Morgan fingerprint density at radius 3 is 2.81 bits per heavy atom. The van der Waals surface area contributed by atoms with Gasteiger partial charge in [0.1, 0.15) is 0 Å². The van der Waals surface area contributed by atoms with Crippen LogP contribution in [0.1, 0.15) is 5.56 Å². The molecule has 2 amide bonds. The molecule has 0 aliphatic carbocycles. The number of hydrogen-bond acceptors (Lipinski definition) is 3. The molecule has 2 aromatic carbocycles. The third-order valence-corrected chi connectivity index (χ3v) is 3.56. The first-order chi connectivity index (χ1) is 10.1. The van der Waals surface area contributed by atoms with Gasteiger partial charge in [-0.25, -0.2) is 4.79 Å². The van der Waals surface area contributed by atoms with E-state index < -0.39 is 0 Å². The normalized spacial score (nSPS) is 12.1. The average Bonchev–Trinajstić information content (AvgIpc) is 2.91. The van der Waals surface area contributed by atoms with Crippen molar-refractivity contribution in [1.82, 2.24) is 0 Å². The van der Waals surface area contributed by atoms with E-state index in [1.165, 1.54) is 0 Å². The van der Waals surface area contributed by atoms with E-state index in [1.54, 1.807) is 36.4 Å². The van der Waals surface area contributed by atoms with Gasteiger partial charge in [0.15, 0.2) is 11.5 Å². The van der Waals surface area contributed by atoms with Gasteiger partial charge in [-0.1, -0.05) is 17.7 Å². The Balaban J connectivity index is 1.70. The maximum Gasteiger partial charge on any atom is 0.323 e. The third-order valence-electron chi connectivity index (χ3n) is 3.15. The van der Waals surface area contributed by atoms with E-state index in [1.807, 2.05) is 6.92 Å². The number of amides is 2. The predicted octanol–water partition coefficient (Wildman–Crippen LogP) is 4.02. The highest BCUT2D eigenvalue weighted by molar-refractivity contribution is 6.31. The van der Waals surface area contributed by atoms with Crippen LogP contribution in [0.25, 0.3) is 0 Å². The van der Waals surface area contributed by atoms with Crippen LogP contribution in [-0.4, -0.2) is 12.8 Å². The fraction of sp³-hybridized carbons (Fsp3) is 0.133. The van der Waals surface area contributed by atoms with Crippen molar-refractivity contribution in [3.63, 3.8) is 0 Å². The van der Waals surface area contributed by atoms with Crippen LogP contribution in [0.3, 0.4) is 0 Å². The minimum Gasteiger partial charge on any atom is -0.454 e. The number of carbonyl (C=O) groups excluding carboxylic acids is 1. The Labute approximate surface area is 126 Å². The van der Waals surface area contributed by atoms with Crippen LogP contribution in [0.5, 0.6) is 11.5 Å². The van der Waals surface area contributed by atoms with E-state index in [2.05, 4.69) is 10.6 Å². The van der Waals surface area contributed by atoms with Crippen LogP contribution in [0.2, 0.25) is 5.02 Å². The largest absolute Gasteiger partial charge is 0.454 e. The summed E-state index contributed by atoms with van der Waals surface area (Å²) in [5.41, 5.74) is 2.11. The number of benzene rings is 2. The molecule has 2 aromatic rings. The first-order valence-electron chi connectivity index (χ1n) is 6.36. The number of halogens is 1. The summed E-state index contributed by atoms with van der Waals surface area (Å²) in [5, 5.41) is 6.11. The van der Waals surface area contributed by atoms with Crippen molar-refractivity contribution in [3.05, 3.63) is 47.0 Å². The Hall–Kier alpha value is -2.40. The second kappa shape index (κ2) is 5.54. The van der Waals surface area contributed by atoms with E-state index in [0.717, 1.165) is 5.56 Å². The molecule has 1 aliphatic rings. The highest BCUT2D eigenvalue weighted by Gasteiger charge is 2.14. The highest BCUT2D eigenvalue weighted by atomic mass is 35.5. The fourth-order valence-electron chi connectivity index (χ4n) is 2.00. The van der Waals surface area contributed by atoms with Crippen molar-refractivity contribution in [2.24, 2.45) is 0 Å². The molecular weight excluding hydrogens is 292 g/mol. The lowest BCUT2D eigenvalue weighted by molar-refractivity contribution is 0.174. The molecule has 3 rings (SSSR count). The van der Waals surface area contributed by atoms with Crippen molar-refractivity contribution in [1.29, 1.82) is 0 Å². The second-order valence-corrected chi connectivity index (χ2v) is 4.97. The van der Waals surface area contributed by atoms with Crippen LogP contribution in [0, 0.1) is 6.92 Å². The number of carbonyl (C=O) groups is 1. The van der Waals surface area contributed by atoms with Crippen LogP contribution >= 0.6 is 11.6 Å². The standard InChI is InChI=1S/C15H13ClN2O3/c1-9-11(16)3-2-4-12(9)18-15(19)17-10-5-6-13-14(7-10)21-8-20-13/h2-7H,8H2,1H3,(H2,17,18,19). The average molecular weight is 305 g/mol. The first kappa shape index (κ1) is 13.6. The van der Waals surface area contributed by atoms with Gasteiger partial charge in [0.2, 0.25) is 6.79 Å². The molecule has 108 valence electrons. The summed E-state index contributed by atoms with van der Waals surface area (Å²) in [6, 6.07) is 10.2. The smallest absolute Gasteiger partial charge is 0.323 e. The molecule has 0 aromatic heterocycles. The molecule has 1 heterocycles.